The van der Waals surface area contributed by atoms with Gasteiger partial charge in [0, 0.05) is 5.92 Å². The summed E-state index contributed by atoms with van der Waals surface area (Å²) in [5, 5.41) is 9.11. The Morgan fingerprint density at radius 2 is 2.06 bits per heavy atom. The molecule has 0 saturated carbocycles. The van der Waals surface area contributed by atoms with Crippen molar-refractivity contribution in [3.63, 3.8) is 0 Å². The van der Waals surface area contributed by atoms with Gasteiger partial charge in [0.15, 0.2) is 11.4 Å². The number of hydrogen-bond acceptors (Lipinski definition) is 4. The largest absolute Gasteiger partial charge is 0.489 e. The summed E-state index contributed by atoms with van der Waals surface area (Å²) in [6, 6.07) is 0. The first-order chi connectivity index (χ1) is 8.41. The number of carboxylic acid groups (broad SMARTS) is 1. The van der Waals surface area contributed by atoms with Crippen molar-refractivity contribution in [1.82, 2.24) is 9.97 Å². The van der Waals surface area contributed by atoms with Crippen LogP contribution in [-0.2, 0) is 0 Å². The highest BCUT2D eigenvalue weighted by molar-refractivity contribution is 5.88. The summed E-state index contributed by atoms with van der Waals surface area (Å²) in [6.45, 7) is 8.47. The SMILES string of the molecule is CC(C)CCOc1cnc(C(C)C)nc1C(=O)O. The number of aromatic carboxylic acids is 1. The maximum atomic E-state index is 11.1. The van der Waals surface area contributed by atoms with Gasteiger partial charge in [0.1, 0.15) is 5.82 Å². The van der Waals surface area contributed by atoms with Gasteiger partial charge in [0.2, 0.25) is 0 Å². The van der Waals surface area contributed by atoms with Crippen LogP contribution in [0.4, 0.5) is 0 Å². The highest BCUT2D eigenvalue weighted by Crippen LogP contribution is 2.19. The molecule has 0 spiro atoms. The first kappa shape index (κ1) is 14.4. The van der Waals surface area contributed by atoms with Crippen molar-refractivity contribution in [2.75, 3.05) is 6.61 Å². The van der Waals surface area contributed by atoms with E-state index in [0.717, 1.165) is 6.42 Å². The quantitative estimate of drug-likeness (QED) is 0.842. The molecular weight excluding hydrogens is 232 g/mol. The molecule has 1 N–H and O–H groups in total. The van der Waals surface area contributed by atoms with Crippen LogP contribution >= 0.6 is 0 Å². The van der Waals surface area contributed by atoms with Crippen molar-refractivity contribution in [2.45, 2.75) is 40.0 Å². The third-order valence-corrected chi connectivity index (χ3v) is 2.45. The van der Waals surface area contributed by atoms with E-state index in [-0.39, 0.29) is 17.4 Å². The molecule has 0 unspecified atom stereocenters. The van der Waals surface area contributed by atoms with Crippen molar-refractivity contribution in [1.29, 1.82) is 0 Å². The second-order valence-electron chi connectivity index (χ2n) is 4.93. The number of carboxylic acids is 1. The summed E-state index contributed by atoms with van der Waals surface area (Å²) in [6.07, 6.45) is 2.32. The molecule has 1 aromatic heterocycles. The Labute approximate surface area is 107 Å². The summed E-state index contributed by atoms with van der Waals surface area (Å²) >= 11 is 0. The van der Waals surface area contributed by atoms with Gasteiger partial charge < -0.3 is 9.84 Å². The lowest BCUT2D eigenvalue weighted by Crippen LogP contribution is -2.11. The summed E-state index contributed by atoms with van der Waals surface area (Å²) in [4.78, 5) is 19.3. The van der Waals surface area contributed by atoms with Gasteiger partial charge in [-0.1, -0.05) is 27.7 Å². The summed E-state index contributed by atoms with van der Waals surface area (Å²) in [7, 11) is 0. The molecule has 0 fully saturated rings. The number of rotatable bonds is 6. The molecule has 5 heteroatoms. The van der Waals surface area contributed by atoms with Crippen LogP contribution in [0.5, 0.6) is 5.75 Å². The Bertz CT molecular complexity index is 417. The van der Waals surface area contributed by atoms with E-state index in [9.17, 15) is 4.79 Å². The molecule has 0 aliphatic heterocycles. The van der Waals surface area contributed by atoms with Gasteiger partial charge in [-0.25, -0.2) is 14.8 Å². The van der Waals surface area contributed by atoms with Crippen LogP contribution in [-0.4, -0.2) is 27.7 Å². The highest BCUT2D eigenvalue weighted by atomic mass is 16.5. The van der Waals surface area contributed by atoms with Gasteiger partial charge in [-0.05, 0) is 12.3 Å². The molecule has 100 valence electrons. The fourth-order valence-corrected chi connectivity index (χ4v) is 1.33. The third kappa shape index (κ3) is 3.98. The highest BCUT2D eigenvalue weighted by Gasteiger charge is 2.16. The predicted molar refractivity (Wildman–Crippen MR) is 68.0 cm³/mol. The third-order valence-electron chi connectivity index (χ3n) is 2.45. The Morgan fingerprint density at radius 1 is 1.39 bits per heavy atom. The smallest absolute Gasteiger partial charge is 0.358 e. The van der Waals surface area contributed by atoms with Crippen LogP contribution in [0.2, 0.25) is 0 Å². The Kier molecular flexibility index (Phi) is 5.07. The lowest BCUT2D eigenvalue weighted by Gasteiger charge is -2.11. The van der Waals surface area contributed by atoms with Crippen LogP contribution < -0.4 is 4.74 Å². The van der Waals surface area contributed by atoms with E-state index in [2.05, 4.69) is 23.8 Å². The van der Waals surface area contributed by atoms with Crippen LogP contribution in [0.15, 0.2) is 6.20 Å². The van der Waals surface area contributed by atoms with E-state index < -0.39 is 5.97 Å². The lowest BCUT2D eigenvalue weighted by molar-refractivity contribution is 0.0684. The Balaban J connectivity index is 2.87. The predicted octanol–water partition coefficient (Wildman–Crippen LogP) is 2.72. The minimum Gasteiger partial charge on any atom is -0.489 e. The molecule has 0 aliphatic rings. The molecule has 0 saturated heterocycles. The number of hydrogen-bond donors (Lipinski definition) is 1. The molecule has 0 atom stereocenters. The zero-order valence-corrected chi connectivity index (χ0v) is 11.3. The second kappa shape index (κ2) is 6.33. The first-order valence-corrected chi connectivity index (χ1v) is 6.14. The summed E-state index contributed by atoms with van der Waals surface area (Å²) in [5.74, 6) is 0.275. The minimum atomic E-state index is -1.08. The number of nitrogens with zero attached hydrogens (tertiary/aromatic N) is 2. The van der Waals surface area contributed by atoms with Crippen molar-refractivity contribution < 1.29 is 14.6 Å². The van der Waals surface area contributed by atoms with Gasteiger partial charge in [0.25, 0.3) is 0 Å². The molecule has 0 amide bonds. The number of aromatic nitrogens is 2. The molecule has 0 bridgehead atoms. The lowest BCUT2D eigenvalue weighted by atomic mass is 10.1. The van der Waals surface area contributed by atoms with Crippen LogP contribution in [0.1, 0.15) is 56.3 Å². The molecule has 0 aliphatic carbocycles. The molecule has 18 heavy (non-hydrogen) atoms. The zero-order chi connectivity index (χ0) is 13.7. The maximum Gasteiger partial charge on any atom is 0.358 e. The average Bonchev–Trinajstić information content (AvgIpc) is 2.28. The maximum absolute atomic E-state index is 11.1. The van der Waals surface area contributed by atoms with Crippen LogP contribution in [0, 0.1) is 5.92 Å². The summed E-state index contributed by atoms with van der Waals surface area (Å²) in [5.41, 5.74) is -0.0579. The van der Waals surface area contributed by atoms with Gasteiger partial charge in [-0.15, -0.1) is 0 Å². The van der Waals surface area contributed by atoms with E-state index in [1.807, 2.05) is 13.8 Å². The minimum absolute atomic E-state index is 0.0579. The molecule has 1 aromatic rings. The van der Waals surface area contributed by atoms with Crippen molar-refractivity contribution in [3.8, 4) is 5.75 Å². The van der Waals surface area contributed by atoms with Gasteiger partial charge in [-0.3, -0.25) is 0 Å². The second-order valence-corrected chi connectivity index (χ2v) is 4.93. The standard InChI is InChI=1S/C13H20N2O3/c1-8(2)5-6-18-10-7-14-12(9(3)4)15-11(10)13(16)17/h7-9H,5-6H2,1-4H3,(H,16,17). The van der Waals surface area contributed by atoms with E-state index in [1.54, 1.807) is 0 Å². The fourth-order valence-electron chi connectivity index (χ4n) is 1.33. The van der Waals surface area contributed by atoms with Crippen LogP contribution in [0.3, 0.4) is 0 Å². The molecular formula is C13H20N2O3. The Morgan fingerprint density at radius 3 is 2.56 bits per heavy atom. The fraction of sp³-hybridized carbons (Fsp3) is 0.615. The van der Waals surface area contributed by atoms with Gasteiger partial charge >= 0.3 is 5.97 Å². The topological polar surface area (TPSA) is 72.3 Å². The van der Waals surface area contributed by atoms with E-state index in [0.29, 0.717) is 18.3 Å². The monoisotopic (exact) mass is 252 g/mol. The van der Waals surface area contributed by atoms with Crippen molar-refractivity contribution in [2.24, 2.45) is 5.92 Å². The zero-order valence-electron chi connectivity index (χ0n) is 11.3. The van der Waals surface area contributed by atoms with E-state index in [4.69, 9.17) is 9.84 Å². The van der Waals surface area contributed by atoms with Crippen molar-refractivity contribution >= 4 is 5.97 Å². The van der Waals surface area contributed by atoms with Gasteiger partial charge in [0.05, 0.1) is 12.8 Å². The van der Waals surface area contributed by atoms with E-state index in [1.165, 1.54) is 6.20 Å². The summed E-state index contributed by atoms with van der Waals surface area (Å²) < 4.78 is 5.44. The molecule has 1 heterocycles. The number of carbonyl (C=O) groups is 1. The molecule has 0 aromatic carbocycles. The van der Waals surface area contributed by atoms with Gasteiger partial charge in [-0.2, -0.15) is 0 Å². The number of ether oxygens (including phenoxy) is 1. The van der Waals surface area contributed by atoms with Crippen molar-refractivity contribution in [3.05, 3.63) is 17.7 Å². The van der Waals surface area contributed by atoms with Crippen LogP contribution in [0.25, 0.3) is 0 Å². The Hall–Kier alpha value is -1.65. The first-order valence-electron chi connectivity index (χ1n) is 6.14. The molecule has 1 rings (SSSR count). The molecule has 5 nitrogen and oxygen atoms in total. The average molecular weight is 252 g/mol. The normalized spacial score (nSPS) is 11.0. The van der Waals surface area contributed by atoms with E-state index >= 15 is 0 Å². The molecule has 0 radical (unpaired) electrons.